The summed E-state index contributed by atoms with van der Waals surface area (Å²) >= 11 is 0. The summed E-state index contributed by atoms with van der Waals surface area (Å²) in [6.45, 7) is 6.53. The maximum atomic E-state index is 12.8. The van der Waals surface area contributed by atoms with Gasteiger partial charge in [-0.05, 0) is 109 Å². The number of unbranched alkanes of at least 4 members (excludes halogenated alkanes) is 26. The normalized spacial score (nSPS) is 12.7. The molecule has 6 heteroatoms. The Bertz CT molecular complexity index is 1300. The van der Waals surface area contributed by atoms with Gasteiger partial charge in [0.05, 0.1) is 0 Å². The van der Waals surface area contributed by atoms with Crippen LogP contribution in [0.3, 0.4) is 0 Å². The van der Waals surface area contributed by atoms with E-state index in [4.69, 9.17) is 14.2 Å². The highest BCUT2D eigenvalue weighted by atomic mass is 16.6. The van der Waals surface area contributed by atoms with E-state index >= 15 is 0 Å². The van der Waals surface area contributed by atoms with Gasteiger partial charge in [0, 0.05) is 19.3 Å². The molecule has 0 heterocycles. The number of hydrogen-bond donors (Lipinski definition) is 0. The number of esters is 3. The van der Waals surface area contributed by atoms with Crippen molar-refractivity contribution in [2.45, 2.75) is 271 Å². The molecule has 0 aliphatic carbocycles. The zero-order valence-electron chi connectivity index (χ0n) is 43.9. The van der Waals surface area contributed by atoms with Gasteiger partial charge in [0.25, 0.3) is 0 Å². The lowest BCUT2D eigenvalue weighted by Gasteiger charge is -2.18. The Hall–Kier alpha value is -3.41. The fourth-order valence-corrected chi connectivity index (χ4v) is 7.60. The molecule has 0 aromatic heterocycles. The van der Waals surface area contributed by atoms with Gasteiger partial charge in [0.2, 0.25) is 0 Å². The average Bonchev–Trinajstić information content (AvgIpc) is 3.33. The second kappa shape index (κ2) is 55.2. The van der Waals surface area contributed by atoms with Crippen molar-refractivity contribution in [1.82, 2.24) is 0 Å². The molecule has 0 aliphatic rings. The number of carbonyl (C=O) groups excluding carboxylic acids is 3. The van der Waals surface area contributed by atoms with E-state index in [0.29, 0.717) is 12.8 Å². The highest BCUT2D eigenvalue weighted by Gasteiger charge is 2.19. The molecule has 0 aromatic carbocycles. The van der Waals surface area contributed by atoms with Crippen molar-refractivity contribution in [3.05, 3.63) is 85.1 Å². The molecule has 0 bridgehead atoms. The van der Waals surface area contributed by atoms with E-state index in [-0.39, 0.29) is 44.0 Å². The van der Waals surface area contributed by atoms with Crippen LogP contribution in [0.15, 0.2) is 85.1 Å². The maximum Gasteiger partial charge on any atom is 0.306 e. The van der Waals surface area contributed by atoms with E-state index in [2.05, 4.69) is 106 Å². The second-order valence-electron chi connectivity index (χ2n) is 18.5. The Morgan fingerprint density at radius 1 is 0.313 bits per heavy atom. The number of carbonyl (C=O) groups is 3. The molecule has 0 saturated heterocycles. The van der Waals surface area contributed by atoms with Crippen LogP contribution < -0.4 is 0 Å². The fraction of sp³-hybridized carbons (Fsp3) is 0.721. The smallest absolute Gasteiger partial charge is 0.306 e. The molecule has 384 valence electrons. The summed E-state index contributed by atoms with van der Waals surface area (Å²) in [5, 5.41) is 0. The van der Waals surface area contributed by atoms with Crippen LogP contribution >= 0.6 is 0 Å². The molecule has 0 fully saturated rings. The number of rotatable bonds is 50. The third-order valence-electron chi connectivity index (χ3n) is 11.9. The second-order valence-corrected chi connectivity index (χ2v) is 18.5. The lowest BCUT2D eigenvalue weighted by atomic mass is 10.1. The molecule has 0 aliphatic heterocycles. The van der Waals surface area contributed by atoms with Crippen molar-refractivity contribution in [3.63, 3.8) is 0 Å². The van der Waals surface area contributed by atoms with Crippen LogP contribution in [0.25, 0.3) is 0 Å². The standard InChI is InChI=1S/C61H104O6/c1-4-7-10-13-16-19-22-25-28-31-34-36-39-42-45-48-51-54-60(63)66-57-58(67-61(64)55-52-49-46-43-40-37-33-30-27-24-21-18-15-12-9-6-3)56-65-59(62)53-50-47-44-41-38-35-32-29-26-23-20-17-14-11-8-5-2/h16,19,25,28-30,32-34,36-37,40,42,45,58H,4-15,17-18,20-24,26-27,31,35,38-39,41,43-44,46-57H2,1-3H3/b19-16-,28-25-,32-29-,33-30-,36-34-,40-37-,45-42-. The molecule has 6 nitrogen and oxygen atoms in total. The van der Waals surface area contributed by atoms with Gasteiger partial charge in [-0.15, -0.1) is 0 Å². The first-order valence-corrected chi connectivity index (χ1v) is 28.1. The Balaban J connectivity index is 4.53. The topological polar surface area (TPSA) is 78.9 Å². The van der Waals surface area contributed by atoms with Crippen molar-refractivity contribution in [1.29, 1.82) is 0 Å². The summed E-state index contributed by atoms with van der Waals surface area (Å²) in [5.74, 6) is -0.998. The van der Waals surface area contributed by atoms with Crippen molar-refractivity contribution < 1.29 is 28.6 Å². The molecular weight excluding hydrogens is 829 g/mol. The van der Waals surface area contributed by atoms with Crippen LogP contribution in [0, 0.1) is 0 Å². The lowest BCUT2D eigenvalue weighted by molar-refractivity contribution is -0.167. The predicted molar refractivity (Wildman–Crippen MR) is 288 cm³/mol. The number of allylic oxidation sites excluding steroid dienone is 14. The van der Waals surface area contributed by atoms with E-state index in [1.807, 2.05) is 0 Å². The molecule has 0 spiro atoms. The zero-order valence-corrected chi connectivity index (χ0v) is 43.9. The van der Waals surface area contributed by atoms with Gasteiger partial charge in [-0.3, -0.25) is 14.4 Å². The third-order valence-corrected chi connectivity index (χ3v) is 11.9. The van der Waals surface area contributed by atoms with Crippen LogP contribution in [0.1, 0.15) is 265 Å². The maximum absolute atomic E-state index is 12.8. The molecule has 0 radical (unpaired) electrons. The molecule has 1 unspecified atom stereocenters. The number of ether oxygens (including phenoxy) is 3. The van der Waals surface area contributed by atoms with Gasteiger partial charge in [0.1, 0.15) is 13.2 Å². The van der Waals surface area contributed by atoms with Gasteiger partial charge >= 0.3 is 17.9 Å². The summed E-state index contributed by atoms with van der Waals surface area (Å²) in [7, 11) is 0. The largest absolute Gasteiger partial charge is 0.462 e. The third kappa shape index (κ3) is 53.4. The van der Waals surface area contributed by atoms with Gasteiger partial charge in [-0.1, -0.05) is 221 Å². The molecule has 0 rings (SSSR count). The van der Waals surface area contributed by atoms with Crippen molar-refractivity contribution >= 4 is 17.9 Å². The molecule has 1 atom stereocenters. The predicted octanol–water partition coefficient (Wildman–Crippen LogP) is 18.8. The molecule has 0 saturated carbocycles. The van der Waals surface area contributed by atoms with Gasteiger partial charge < -0.3 is 14.2 Å². The SMILES string of the molecule is CCCCC/C=C\C/C=C\C/C=C\C/C=C\CCCC(=O)OCC(COC(=O)CCCCCCC/C=C\CCCCCCCCC)OC(=O)CCCCC/C=C\C=C/CCCCCCCCC. The van der Waals surface area contributed by atoms with E-state index in [0.717, 1.165) is 89.9 Å². The van der Waals surface area contributed by atoms with Crippen LogP contribution in [0.5, 0.6) is 0 Å². The molecule has 0 amide bonds. The molecule has 0 aromatic rings. The van der Waals surface area contributed by atoms with E-state index < -0.39 is 6.10 Å². The Morgan fingerprint density at radius 2 is 0.597 bits per heavy atom. The Kier molecular flexibility index (Phi) is 52.4. The van der Waals surface area contributed by atoms with E-state index in [9.17, 15) is 14.4 Å². The van der Waals surface area contributed by atoms with E-state index in [1.54, 1.807) is 0 Å². The molecular formula is C61H104O6. The molecule has 0 N–H and O–H groups in total. The van der Waals surface area contributed by atoms with Crippen LogP contribution in [-0.2, 0) is 28.6 Å². The highest BCUT2D eigenvalue weighted by Crippen LogP contribution is 2.13. The van der Waals surface area contributed by atoms with Crippen LogP contribution in [0.2, 0.25) is 0 Å². The van der Waals surface area contributed by atoms with Gasteiger partial charge in [-0.2, -0.15) is 0 Å². The van der Waals surface area contributed by atoms with Crippen LogP contribution in [0.4, 0.5) is 0 Å². The Labute approximate surface area is 414 Å². The number of hydrogen-bond acceptors (Lipinski definition) is 6. The molecule has 67 heavy (non-hydrogen) atoms. The summed E-state index contributed by atoms with van der Waals surface area (Å²) in [4.78, 5) is 38.1. The van der Waals surface area contributed by atoms with Crippen molar-refractivity contribution in [2.24, 2.45) is 0 Å². The lowest BCUT2D eigenvalue weighted by Crippen LogP contribution is -2.30. The summed E-state index contributed by atoms with van der Waals surface area (Å²) in [5.41, 5.74) is 0. The van der Waals surface area contributed by atoms with E-state index in [1.165, 1.54) is 128 Å². The first-order chi connectivity index (χ1) is 33.0. The fourth-order valence-electron chi connectivity index (χ4n) is 7.60. The van der Waals surface area contributed by atoms with Crippen molar-refractivity contribution in [3.8, 4) is 0 Å². The average molecular weight is 933 g/mol. The summed E-state index contributed by atoms with van der Waals surface area (Å²) in [6.07, 6.45) is 71.5. The van der Waals surface area contributed by atoms with Crippen molar-refractivity contribution in [2.75, 3.05) is 13.2 Å². The monoisotopic (exact) mass is 933 g/mol. The summed E-state index contributed by atoms with van der Waals surface area (Å²) < 4.78 is 16.8. The zero-order chi connectivity index (χ0) is 48.6. The minimum Gasteiger partial charge on any atom is -0.462 e. The van der Waals surface area contributed by atoms with Crippen LogP contribution in [-0.4, -0.2) is 37.2 Å². The highest BCUT2D eigenvalue weighted by molar-refractivity contribution is 5.71. The Morgan fingerprint density at radius 3 is 1.04 bits per heavy atom. The first-order valence-electron chi connectivity index (χ1n) is 28.1. The minimum absolute atomic E-state index is 0.109. The summed E-state index contributed by atoms with van der Waals surface area (Å²) in [6, 6.07) is 0. The van der Waals surface area contributed by atoms with Gasteiger partial charge in [0.15, 0.2) is 6.10 Å². The van der Waals surface area contributed by atoms with Gasteiger partial charge in [-0.25, -0.2) is 0 Å². The minimum atomic E-state index is -0.816. The first kappa shape index (κ1) is 63.6. The quantitative estimate of drug-likeness (QED) is 0.0199.